The van der Waals surface area contributed by atoms with Crippen LogP contribution in [0.15, 0.2) is 24.3 Å². The first kappa shape index (κ1) is 20.0. The minimum Gasteiger partial charge on any atom is -0.490 e. The molecule has 0 saturated carbocycles. The van der Waals surface area contributed by atoms with E-state index in [9.17, 15) is 22.8 Å². The van der Waals surface area contributed by atoms with E-state index in [1.165, 1.54) is 38.3 Å². The van der Waals surface area contributed by atoms with Crippen LogP contribution in [0.3, 0.4) is 0 Å². The predicted molar refractivity (Wildman–Crippen MR) is 84.8 cm³/mol. The van der Waals surface area contributed by atoms with E-state index >= 15 is 0 Å². The number of esters is 1. The van der Waals surface area contributed by atoms with Gasteiger partial charge in [-0.2, -0.15) is 0 Å². The number of ether oxygens (including phenoxy) is 3. The molecule has 0 aliphatic carbocycles. The number of hydrogen-bond donors (Lipinski definition) is 0. The van der Waals surface area contributed by atoms with Crippen LogP contribution in [0.1, 0.15) is 19.8 Å². The van der Waals surface area contributed by atoms with Crippen LogP contribution in [0.25, 0.3) is 0 Å². The second-order valence-electron chi connectivity index (χ2n) is 5.91. The molecule has 26 heavy (non-hydrogen) atoms. The molecule has 1 aromatic carbocycles. The van der Waals surface area contributed by atoms with Gasteiger partial charge in [0, 0.05) is 13.1 Å². The number of halogens is 3. The number of carbonyl (C=O) groups is 2. The summed E-state index contributed by atoms with van der Waals surface area (Å²) in [4.78, 5) is 25.2. The highest BCUT2D eigenvalue weighted by atomic mass is 19.4. The monoisotopic (exact) mass is 375 g/mol. The Bertz CT molecular complexity index is 624. The summed E-state index contributed by atoms with van der Waals surface area (Å²) < 4.78 is 50.6. The Hall–Kier alpha value is -2.29. The highest BCUT2D eigenvalue weighted by molar-refractivity contribution is 6.01. The Morgan fingerprint density at radius 1 is 1.12 bits per heavy atom. The third-order valence-corrected chi connectivity index (χ3v) is 4.01. The number of piperidine rings is 1. The van der Waals surface area contributed by atoms with E-state index in [1.807, 2.05) is 0 Å². The molecule has 0 aromatic heterocycles. The number of likely N-dealkylation sites (tertiary alicyclic amines) is 1. The van der Waals surface area contributed by atoms with Crippen LogP contribution < -0.4 is 9.47 Å². The number of nitrogens with zero attached hydrogens (tertiary/aromatic N) is 1. The lowest BCUT2D eigenvalue weighted by Gasteiger charge is -2.35. The second kappa shape index (κ2) is 8.39. The SMILES string of the molecule is COC(=O)C(C(C)=O)N1CCC(Oc2ccc(OC(F)(F)F)cc2)CC1. The summed E-state index contributed by atoms with van der Waals surface area (Å²) in [5.74, 6) is -0.760. The summed E-state index contributed by atoms with van der Waals surface area (Å²) in [6.07, 6.45) is -3.75. The molecule has 0 spiro atoms. The molecule has 1 atom stereocenters. The van der Waals surface area contributed by atoms with Crippen LogP contribution in [0.5, 0.6) is 11.5 Å². The largest absolute Gasteiger partial charge is 0.573 e. The van der Waals surface area contributed by atoms with Crippen molar-refractivity contribution in [2.75, 3.05) is 20.2 Å². The summed E-state index contributed by atoms with van der Waals surface area (Å²) in [6, 6.07) is 4.25. The molecule has 1 unspecified atom stereocenters. The van der Waals surface area contributed by atoms with Crippen LogP contribution in [0, 0.1) is 0 Å². The molecular formula is C17H20F3NO5. The van der Waals surface area contributed by atoms with Crippen LogP contribution in [-0.4, -0.2) is 55.4 Å². The maximum absolute atomic E-state index is 12.1. The molecule has 2 rings (SSSR count). The van der Waals surface area contributed by atoms with E-state index in [-0.39, 0.29) is 17.6 Å². The van der Waals surface area contributed by atoms with E-state index in [2.05, 4.69) is 9.47 Å². The smallest absolute Gasteiger partial charge is 0.490 e. The van der Waals surface area contributed by atoms with Gasteiger partial charge in [0.25, 0.3) is 0 Å². The lowest BCUT2D eigenvalue weighted by atomic mass is 10.0. The summed E-state index contributed by atoms with van der Waals surface area (Å²) in [5.41, 5.74) is 0. The van der Waals surface area contributed by atoms with Crippen molar-refractivity contribution >= 4 is 11.8 Å². The van der Waals surface area contributed by atoms with Gasteiger partial charge in [0.05, 0.1) is 7.11 Å². The van der Waals surface area contributed by atoms with Crippen molar-refractivity contribution in [3.05, 3.63) is 24.3 Å². The van der Waals surface area contributed by atoms with Gasteiger partial charge in [0.1, 0.15) is 17.6 Å². The maximum Gasteiger partial charge on any atom is 0.573 e. The molecule has 1 fully saturated rings. The summed E-state index contributed by atoms with van der Waals surface area (Å²) in [7, 11) is 1.24. The van der Waals surface area contributed by atoms with Gasteiger partial charge in [-0.3, -0.25) is 9.69 Å². The number of hydrogen-bond acceptors (Lipinski definition) is 6. The lowest BCUT2D eigenvalue weighted by molar-refractivity contribution is -0.274. The van der Waals surface area contributed by atoms with Gasteiger partial charge in [-0.1, -0.05) is 0 Å². The first-order chi connectivity index (χ1) is 12.2. The number of methoxy groups -OCH3 is 1. The first-order valence-corrected chi connectivity index (χ1v) is 8.04. The van der Waals surface area contributed by atoms with E-state index in [1.54, 1.807) is 4.90 Å². The zero-order chi connectivity index (χ0) is 19.3. The van der Waals surface area contributed by atoms with Crippen molar-refractivity contribution in [3.63, 3.8) is 0 Å². The van der Waals surface area contributed by atoms with Crippen molar-refractivity contribution in [3.8, 4) is 11.5 Å². The number of alkyl halides is 3. The number of ketones is 1. The van der Waals surface area contributed by atoms with E-state index in [4.69, 9.17) is 4.74 Å². The fraction of sp³-hybridized carbons (Fsp3) is 0.529. The molecule has 1 aromatic rings. The van der Waals surface area contributed by atoms with Gasteiger partial charge in [-0.25, -0.2) is 4.79 Å². The Balaban J connectivity index is 1.88. The molecule has 0 amide bonds. The normalized spacial score (nSPS) is 17.4. The van der Waals surface area contributed by atoms with Gasteiger partial charge in [0.15, 0.2) is 11.8 Å². The number of carbonyl (C=O) groups excluding carboxylic acids is 2. The van der Waals surface area contributed by atoms with Crippen LogP contribution in [0.4, 0.5) is 13.2 Å². The van der Waals surface area contributed by atoms with Crippen LogP contribution in [0.2, 0.25) is 0 Å². The maximum atomic E-state index is 12.1. The summed E-state index contributed by atoms with van der Waals surface area (Å²) in [6.45, 7) is 2.29. The Kier molecular flexibility index (Phi) is 6.47. The molecule has 0 bridgehead atoms. The first-order valence-electron chi connectivity index (χ1n) is 8.04. The van der Waals surface area contributed by atoms with Crippen LogP contribution >= 0.6 is 0 Å². The molecule has 1 saturated heterocycles. The zero-order valence-corrected chi connectivity index (χ0v) is 14.4. The van der Waals surface area contributed by atoms with E-state index in [0.29, 0.717) is 31.7 Å². The lowest BCUT2D eigenvalue weighted by Crippen LogP contribution is -2.51. The van der Waals surface area contributed by atoms with Crippen molar-refractivity contribution in [2.45, 2.75) is 38.3 Å². The average molecular weight is 375 g/mol. The number of Topliss-reactive ketones (excluding diaryl/α,β-unsaturated/α-hetero) is 1. The average Bonchev–Trinajstić information content (AvgIpc) is 2.56. The standard InChI is InChI=1S/C17H20F3NO5/c1-11(22)15(16(23)24-2)21-9-7-13(8-10-21)25-12-3-5-14(6-4-12)26-17(18,19)20/h3-6,13,15H,7-10H2,1-2H3. The molecule has 0 N–H and O–H groups in total. The Morgan fingerprint density at radius 2 is 1.65 bits per heavy atom. The molecule has 144 valence electrons. The second-order valence-corrected chi connectivity index (χ2v) is 5.91. The molecule has 0 radical (unpaired) electrons. The number of rotatable bonds is 6. The Labute approximate surface area is 148 Å². The molecule has 6 nitrogen and oxygen atoms in total. The zero-order valence-electron chi connectivity index (χ0n) is 14.4. The third kappa shape index (κ3) is 5.62. The fourth-order valence-corrected chi connectivity index (χ4v) is 2.85. The fourth-order valence-electron chi connectivity index (χ4n) is 2.85. The topological polar surface area (TPSA) is 65.1 Å². The predicted octanol–water partition coefficient (Wildman–Crippen LogP) is 2.56. The Morgan fingerprint density at radius 3 is 2.12 bits per heavy atom. The molecule has 1 heterocycles. The molecule has 9 heteroatoms. The van der Waals surface area contributed by atoms with Gasteiger partial charge in [-0.15, -0.1) is 13.2 Å². The van der Waals surface area contributed by atoms with Crippen molar-refractivity contribution in [1.82, 2.24) is 4.90 Å². The quantitative estimate of drug-likeness (QED) is 0.563. The van der Waals surface area contributed by atoms with Gasteiger partial charge in [0.2, 0.25) is 0 Å². The van der Waals surface area contributed by atoms with Gasteiger partial charge >= 0.3 is 12.3 Å². The van der Waals surface area contributed by atoms with Crippen LogP contribution in [-0.2, 0) is 14.3 Å². The minimum absolute atomic E-state index is 0.161. The summed E-state index contributed by atoms with van der Waals surface area (Å²) >= 11 is 0. The highest BCUT2D eigenvalue weighted by Gasteiger charge is 2.34. The van der Waals surface area contributed by atoms with Gasteiger partial charge < -0.3 is 14.2 Å². The van der Waals surface area contributed by atoms with Gasteiger partial charge in [-0.05, 0) is 44.0 Å². The van der Waals surface area contributed by atoms with Crippen molar-refractivity contribution in [1.29, 1.82) is 0 Å². The molecular weight excluding hydrogens is 355 g/mol. The van der Waals surface area contributed by atoms with E-state index < -0.39 is 18.4 Å². The molecule has 1 aliphatic rings. The van der Waals surface area contributed by atoms with Crippen molar-refractivity contribution in [2.24, 2.45) is 0 Å². The number of benzene rings is 1. The third-order valence-electron chi connectivity index (χ3n) is 4.01. The molecule has 1 aliphatic heterocycles. The van der Waals surface area contributed by atoms with E-state index in [0.717, 1.165) is 0 Å². The van der Waals surface area contributed by atoms with Crippen molar-refractivity contribution < 1.29 is 37.0 Å². The highest BCUT2D eigenvalue weighted by Crippen LogP contribution is 2.26. The summed E-state index contributed by atoms with van der Waals surface area (Å²) in [5, 5.41) is 0. The minimum atomic E-state index is -4.73.